The molecule has 17 heavy (non-hydrogen) atoms. The first kappa shape index (κ1) is 9.77. The summed E-state index contributed by atoms with van der Waals surface area (Å²) < 4.78 is 0. The number of aliphatic imine (C=N–C) groups is 1. The molecule has 0 radical (unpaired) electrons. The van der Waals surface area contributed by atoms with Crippen molar-refractivity contribution in [1.82, 2.24) is 5.32 Å². The molecule has 2 aliphatic heterocycles. The lowest BCUT2D eigenvalue weighted by atomic mass is 10.1. The van der Waals surface area contributed by atoms with Crippen LogP contribution in [0, 0.1) is 0 Å². The molecular weight excluding hydrogens is 218 g/mol. The van der Waals surface area contributed by atoms with Gasteiger partial charge in [0, 0.05) is 29.2 Å². The van der Waals surface area contributed by atoms with Gasteiger partial charge < -0.3 is 10.6 Å². The van der Waals surface area contributed by atoms with E-state index in [0.717, 1.165) is 16.9 Å². The lowest BCUT2D eigenvalue weighted by Crippen LogP contribution is -2.16. The smallest absolute Gasteiger partial charge is 0.277 e. The minimum absolute atomic E-state index is 0.0922. The van der Waals surface area contributed by atoms with Gasteiger partial charge >= 0.3 is 0 Å². The Morgan fingerprint density at radius 3 is 2.94 bits per heavy atom. The summed E-state index contributed by atoms with van der Waals surface area (Å²) in [7, 11) is 0. The first-order valence-corrected chi connectivity index (χ1v) is 5.20. The molecule has 5 heteroatoms. The zero-order valence-electron chi connectivity index (χ0n) is 8.86. The molecule has 0 fully saturated rings. The molecule has 2 heterocycles. The molecule has 0 aliphatic carbocycles. The molecule has 0 saturated heterocycles. The topological polar surface area (TPSA) is 70.6 Å². The van der Waals surface area contributed by atoms with E-state index < -0.39 is 0 Å². The number of amides is 2. The highest BCUT2D eigenvalue weighted by atomic mass is 16.2. The van der Waals surface area contributed by atoms with E-state index in [1.807, 2.05) is 6.07 Å². The molecule has 2 amide bonds. The van der Waals surface area contributed by atoms with Crippen LogP contribution in [0.4, 0.5) is 5.69 Å². The summed E-state index contributed by atoms with van der Waals surface area (Å²) in [6.07, 6.45) is 3.07. The van der Waals surface area contributed by atoms with Crippen LogP contribution in [-0.4, -0.2) is 24.6 Å². The van der Waals surface area contributed by atoms with Crippen LogP contribution < -0.4 is 10.6 Å². The Bertz CT molecular complexity index is 587. The highest BCUT2D eigenvalue weighted by molar-refractivity contribution is 6.13. The maximum absolute atomic E-state index is 11.3. The van der Waals surface area contributed by atoms with Crippen molar-refractivity contribution in [2.24, 2.45) is 4.99 Å². The molecule has 2 aliphatic rings. The number of hydrogen-bond donors (Lipinski definition) is 2. The maximum atomic E-state index is 11.3. The molecular formula is C12H9N3O2. The lowest BCUT2D eigenvalue weighted by molar-refractivity contribution is -0.115. The Morgan fingerprint density at radius 2 is 2.18 bits per heavy atom. The van der Waals surface area contributed by atoms with Gasteiger partial charge in [0.05, 0.1) is 12.1 Å². The van der Waals surface area contributed by atoms with Crippen molar-refractivity contribution < 1.29 is 9.59 Å². The van der Waals surface area contributed by atoms with E-state index in [-0.39, 0.29) is 11.8 Å². The molecule has 0 aromatic heterocycles. The fraction of sp³-hybridized carbons (Fsp3) is 0.0833. The third-order valence-corrected chi connectivity index (χ3v) is 2.67. The van der Waals surface area contributed by atoms with Crippen molar-refractivity contribution in [3.05, 3.63) is 41.1 Å². The quantitative estimate of drug-likeness (QED) is 0.780. The van der Waals surface area contributed by atoms with Crippen molar-refractivity contribution in [3.8, 4) is 0 Å². The monoisotopic (exact) mass is 227 g/mol. The number of nitrogens with one attached hydrogen (secondary N) is 2. The summed E-state index contributed by atoms with van der Waals surface area (Å²) in [6.45, 7) is 0.503. The van der Waals surface area contributed by atoms with E-state index in [1.165, 1.54) is 6.08 Å². The zero-order chi connectivity index (χ0) is 11.8. The average molecular weight is 227 g/mol. The molecule has 84 valence electrons. The summed E-state index contributed by atoms with van der Waals surface area (Å²) in [5, 5.41) is 5.80. The van der Waals surface area contributed by atoms with Crippen molar-refractivity contribution in [2.75, 3.05) is 11.9 Å². The highest BCUT2D eigenvalue weighted by Gasteiger charge is 2.16. The molecule has 0 unspecified atom stereocenters. The Hall–Kier alpha value is -2.43. The molecule has 3 rings (SSSR count). The normalized spacial score (nSPS) is 16.8. The van der Waals surface area contributed by atoms with Crippen LogP contribution >= 0.6 is 0 Å². The van der Waals surface area contributed by atoms with Gasteiger partial charge in [-0.25, -0.2) is 4.99 Å². The van der Waals surface area contributed by atoms with Crippen LogP contribution in [0.3, 0.4) is 0 Å². The SMILES string of the molecule is O=C1C=C(Nc2ccc3c(c2)C=NC3=O)CN1. The summed E-state index contributed by atoms with van der Waals surface area (Å²) in [5.41, 5.74) is 3.08. The average Bonchev–Trinajstić information content (AvgIpc) is 2.87. The summed E-state index contributed by atoms with van der Waals surface area (Å²) in [5.74, 6) is -0.297. The van der Waals surface area contributed by atoms with Crippen molar-refractivity contribution in [2.45, 2.75) is 0 Å². The van der Waals surface area contributed by atoms with Gasteiger partial charge in [0.15, 0.2) is 0 Å². The number of benzene rings is 1. The molecule has 0 saturated carbocycles. The van der Waals surface area contributed by atoms with Gasteiger partial charge in [0.1, 0.15) is 0 Å². The molecule has 0 bridgehead atoms. The minimum atomic E-state index is -0.205. The number of fused-ring (bicyclic) bond motifs is 1. The van der Waals surface area contributed by atoms with E-state index in [4.69, 9.17) is 0 Å². The summed E-state index contributed by atoms with van der Waals surface area (Å²) in [4.78, 5) is 26.0. The largest absolute Gasteiger partial charge is 0.357 e. The number of carbonyl (C=O) groups excluding carboxylic acids is 2. The highest BCUT2D eigenvalue weighted by Crippen LogP contribution is 2.20. The maximum Gasteiger partial charge on any atom is 0.277 e. The summed E-state index contributed by atoms with van der Waals surface area (Å²) >= 11 is 0. The van der Waals surface area contributed by atoms with E-state index >= 15 is 0 Å². The molecule has 1 aromatic carbocycles. The fourth-order valence-corrected chi connectivity index (χ4v) is 1.85. The predicted molar refractivity (Wildman–Crippen MR) is 63.1 cm³/mol. The Morgan fingerprint density at radius 1 is 1.29 bits per heavy atom. The third kappa shape index (κ3) is 1.71. The molecule has 0 spiro atoms. The van der Waals surface area contributed by atoms with Gasteiger partial charge in [-0.05, 0) is 18.2 Å². The molecule has 0 atom stereocenters. The van der Waals surface area contributed by atoms with E-state index in [0.29, 0.717) is 12.1 Å². The van der Waals surface area contributed by atoms with Crippen molar-refractivity contribution in [3.63, 3.8) is 0 Å². The number of nitrogens with zero attached hydrogens (tertiary/aromatic N) is 1. The standard InChI is InChI=1S/C12H9N3O2/c16-11-4-9(6-13-11)15-8-1-2-10-7(3-8)5-14-12(10)17/h1-5,15H,6H2,(H,13,16). The van der Waals surface area contributed by atoms with E-state index in [1.54, 1.807) is 18.3 Å². The molecule has 1 aromatic rings. The second-order valence-corrected chi connectivity index (χ2v) is 3.88. The van der Waals surface area contributed by atoms with Crippen LogP contribution in [0.25, 0.3) is 0 Å². The van der Waals surface area contributed by atoms with E-state index in [2.05, 4.69) is 15.6 Å². The number of rotatable bonds is 2. The number of carbonyl (C=O) groups is 2. The van der Waals surface area contributed by atoms with E-state index in [9.17, 15) is 9.59 Å². The minimum Gasteiger partial charge on any atom is -0.357 e. The summed E-state index contributed by atoms with van der Waals surface area (Å²) in [6, 6.07) is 5.38. The van der Waals surface area contributed by atoms with Gasteiger partial charge in [-0.1, -0.05) is 0 Å². The van der Waals surface area contributed by atoms with Crippen LogP contribution in [0.5, 0.6) is 0 Å². The van der Waals surface area contributed by atoms with Crippen LogP contribution in [0.1, 0.15) is 15.9 Å². The second-order valence-electron chi connectivity index (χ2n) is 3.88. The molecule has 2 N–H and O–H groups in total. The number of hydrogen-bond acceptors (Lipinski definition) is 3. The second kappa shape index (κ2) is 3.55. The molecule has 5 nitrogen and oxygen atoms in total. The first-order chi connectivity index (χ1) is 8.22. The van der Waals surface area contributed by atoms with Crippen LogP contribution in [0.15, 0.2) is 35.0 Å². The zero-order valence-corrected chi connectivity index (χ0v) is 8.86. The fourth-order valence-electron chi connectivity index (χ4n) is 1.85. The number of anilines is 1. The Kier molecular flexibility index (Phi) is 2.04. The van der Waals surface area contributed by atoms with Gasteiger partial charge in [-0.2, -0.15) is 0 Å². The predicted octanol–water partition coefficient (Wildman–Crippen LogP) is 0.685. The Balaban J connectivity index is 1.86. The van der Waals surface area contributed by atoms with Crippen molar-refractivity contribution >= 4 is 23.7 Å². The first-order valence-electron chi connectivity index (χ1n) is 5.20. The van der Waals surface area contributed by atoms with Crippen LogP contribution in [0.2, 0.25) is 0 Å². The van der Waals surface area contributed by atoms with Gasteiger partial charge in [-0.3, -0.25) is 9.59 Å². The lowest BCUT2D eigenvalue weighted by Gasteiger charge is -2.07. The van der Waals surface area contributed by atoms with Gasteiger partial charge in [-0.15, -0.1) is 0 Å². The van der Waals surface area contributed by atoms with Gasteiger partial charge in [0.2, 0.25) is 5.91 Å². The van der Waals surface area contributed by atoms with Crippen LogP contribution in [-0.2, 0) is 4.79 Å². The van der Waals surface area contributed by atoms with Crippen molar-refractivity contribution in [1.29, 1.82) is 0 Å². The van der Waals surface area contributed by atoms with Gasteiger partial charge in [0.25, 0.3) is 5.91 Å². The Labute approximate surface area is 97.2 Å². The third-order valence-electron chi connectivity index (χ3n) is 2.67.